The SMILES string of the molecule is CNC(=O)/C=C/CN1CC[C@H](Oc2ccc(C3=C(c4ccc(Cl)cc4Cl)CCCc4ccccc43)cc2)C1. The Morgan fingerprint density at radius 1 is 1.05 bits per heavy atom. The molecule has 196 valence electrons. The molecule has 0 unspecified atom stereocenters. The van der Waals surface area contributed by atoms with Crippen molar-refractivity contribution in [3.63, 3.8) is 0 Å². The van der Waals surface area contributed by atoms with Crippen LogP contribution in [0.25, 0.3) is 11.1 Å². The average molecular weight is 548 g/mol. The van der Waals surface area contributed by atoms with Crippen molar-refractivity contribution < 1.29 is 9.53 Å². The van der Waals surface area contributed by atoms with Gasteiger partial charge in [0.1, 0.15) is 11.9 Å². The van der Waals surface area contributed by atoms with E-state index in [-0.39, 0.29) is 12.0 Å². The lowest BCUT2D eigenvalue weighted by molar-refractivity contribution is -0.116. The van der Waals surface area contributed by atoms with Crippen LogP contribution in [-0.4, -0.2) is 43.6 Å². The second kappa shape index (κ2) is 12.2. The third-order valence-corrected chi connectivity index (χ3v) is 7.82. The van der Waals surface area contributed by atoms with Gasteiger partial charge in [0.05, 0.1) is 0 Å². The summed E-state index contributed by atoms with van der Waals surface area (Å²) in [5.41, 5.74) is 7.29. The molecule has 0 aromatic heterocycles. The van der Waals surface area contributed by atoms with Gasteiger partial charge in [-0.3, -0.25) is 9.69 Å². The summed E-state index contributed by atoms with van der Waals surface area (Å²) in [5.74, 6) is 0.792. The average Bonchev–Trinajstić information content (AvgIpc) is 3.27. The Hall–Kier alpha value is -3.05. The normalized spacial score (nSPS) is 17.9. The van der Waals surface area contributed by atoms with Gasteiger partial charge in [0.15, 0.2) is 0 Å². The molecule has 1 heterocycles. The number of hydrogen-bond donors (Lipinski definition) is 1. The lowest BCUT2D eigenvalue weighted by Gasteiger charge is -2.19. The summed E-state index contributed by atoms with van der Waals surface area (Å²) < 4.78 is 6.34. The van der Waals surface area contributed by atoms with E-state index in [0.29, 0.717) is 10.0 Å². The second-order valence-corrected chi connectivity index (χ2v) is 10.7. The molecule has 2 aliphatic rings. The zero-order valence-electron chi connectivity index (χ0n) is 21.6. The van der Waals surface area contributed by atoms with Crippen molar-refractivity contribution in [2.45, 2.75) is 31.8 Å². The third-order valence-electron chi connectivity index (χ3n) is 7.27. The Labute approximate surface area is 234 Å². The lowest BCUT2D eigenvalue weighted by Crippen LogP contribution is -2.25. The molecule has 1 aliphatic carbocycles. The number of nitrogens with one attached hydrogen (secondary N) is 1. The summed E-state index contributed by atoms with van der Waals surface area (Å²) in [6.07, 6.45) is 7.62. The van der Waals surface area contributed by atoms with E-state index in [0.717, 1.165) is 62.2 Å². The molecule has 1 atom stereocenters. The largest absolute Gasteiger partial charge is 0.489 e. The van der Waals surface area contributed by atoms with Gasteiger partial charge in [0, 0.05) is 42.8 Å². The van der Waals surface area contributed by atoms with Gasteiger partial charge in [-0.15, -0.1) is 0 Å². The van der Waals surface area contributed by atoms with E-state index < -0.39 is 0 Å². The maximum Gasteiger partial charge on any atom is 0.243 e. The van der Waals surface area contributed by atoms with Crippen LogP contribution in [0.2, 0.25) is 10.0 Å². The number of allylic oxidation sites excluding steroid dienone is 1. The molecule has 38 heavy (non-hydrogen) atoms. The smallest absolute Gasteiger partial charge is 0.243 e. The van der Waals surface area contributed by atoms with E-state index in [9.17, 15) is 4.79 Å². The fourth-order valence-electron chi connectivity index (χ4n) is 5.40. The first-order valence-electron chi connectivity index (χ1n) is 13.2. The van der Waals surface area contributed by atoms with Crippen molar-refractivity contribution >= 4 is 40.3 Å². The number of nitrogens with zero attached hydrogens (tertiary/aromatic N) is 1. The topological polar surface area (TPSA) is 41.6 Å². The number of halogens is 2. The van der Waals surface area contributed by atoms with Crippen LogP contribution >= 0.6 is 23.2 Å². The Kier molecular flexibility index (Phi) is 8.53. The van der Waals surface area contributed by atoms with Crippen LogP contribution in [0.3, 0.4) is 0 Å². The van der Waals surface area contributed by atoms with Crippen molar-refractivity contribution in [1.29, 1.82) is 0 Å². The number of likely N-dealkylation sites (tertiary alicyclic amines) is 1. The van der Waals surface area contributed by atoms with Crippen molar-refractivity contribution in [3.05, 3.63) is 111 Å². The zero-order valence-corrected chi connectivity index (χ0v) is 23.1. The number of amides is 1. The summed E-state index contributed by atoms with van der Waals surface area (Å²) in [5, 5.41) is 3.93. The van der Waals surface area contributed by atoms with Gasteiger partial charge in [-0.1, -0.05) is 71.7 Å². The third kappa shape index (κ3) is 6.15. The number of carbonyl (C=O) groups is 1. The standard InChI is InChI=1S/C32H32Cl2N2O2/c1-35-31(37)10-5-18-36-19-17-26(21-36)38-25-14-11-23(12-15-25)32-27-8-3-2-6-22(27)7-4-9-29(32)28-16-13-24(33)20-30(28)34/h2-3,5-6,8,10-16,20,26H,4,7,9,17-19,21H2,1H3,(H,35,37)/b10-5+/t26-/m0/s1. The summed E-state index contributed by atoms with van der Waals surface area (Å²) >= 11 is 12.9. The van der Waals surface area contributed by atoms with Gasteiger partial charge in [0.25, 0.3) is 0 Å². The number of fused-ring (bicyclic) bond motifs is 1. The molecule has 0 saturated carbocycles. The Bertz CT molecular complexity index is 1360. The highest BCUT2D eigenvalue weighted by Crippen LogP contribution is 2.42. The van der Waals surface area contributed by atoms with E-state index in [1.807, 2.05) is 24.3 Å². The van der Waals surface area contributed by atoms with Crippen LogP contribution in [0.5, 0.6) is 5.75 Å². The molecule has 4 nitrogen and oxygen atoms in total. The van der Waals surface area contributed by atoms with E-state index in [4.69, 9.17) is 27.9 Å². The number of benzene rings is 3. The first-order chi connectivity index (χ1) is 18.5. The monoisotopic (exact) mass is 546 g/mol. The molecule has 1 amide bonds. The number of ether oxygens (including phenoxy) is 1. The van der Waals surface area contributed by atoms with E-state index in [1.165, 1.54) is 22.3 Å². The summed E-state index contributed by atoms with van der Waals surface area (Å²) in [4.78, 5) is 13.7. The molecule has 6 heteroatoms. The highest BCUT2D eigenvalue weighted by molar-refractivity contribution is 6.36. The highest BCUT2D eigenvalue weighted by atomic mass is 35.5. The van der Waals surface area contributed by atoms with E-state index in [1.54, 1.807) is 13.1 Å². The van der Waals surface area contributed by atoms with Gasteiger partial charge in [0.2, 0.25) is 5.91 Å². The molecule has 0 radical (unpaired) electrons. The molecule has 1 aliphatic heterocycles. The van der Waals surface area contributed by atoms with Gasteiger partial charge in [-0.25, -0.2) is 0 Å². The molecule has 0 bridgehead atoms. The Morgan fingerprint density at radius 3 is 2.66 bits per heavy atom. The quantitative estimate of drug-likeness (QED) is 0.323. The number of hydrogen-bond acceptors (Lipinski definition) is 3. The van der Waals surface area contributed by atoms with Crippen LogP contribution < -0.4 is 10.1 Å². The molecule has 5 rings (SSSR count). The Morgan fingerprint density at radius 2 is 1.87 bits per heavy atom. The second-order valence-electron chi connectivity index (χ2n) is 9.82. The van der Waals surface area contributed by atoms with E-state index >= 15 is 0 Å². The van der Waals surface area contributed by atoms with Gasteiger partial charge < -0.3 is 10.1 Å². The van der Waals surface area contributed by atoms with Crippen molar-refractivity contribution in [3.8, 4) is 5.75 Å². The predicted octanol–water partition coefficient (Wildman–Crippen LogP) is 7.04. The summed E-state index contributed by atoms with van der Waals surface area (Å²) in [6, 6.07) is 22.9. The minimum Gasteiger partial charge on any atom is -0.489 e. The zero-order chi connectivity index (χ0) is 26.5. The summed E-state index contributed by atoms with van der Waals surface area (Å²) in [7, 11) is 1.64. The fourth-order valence-corrected chi connectivity index (χ4v) is 5.93. The first kappa shape index (κ1) is 26.6. The van der Waals surface area contributed by atoms with Gasteiger partial charge in [-0.05, 0) is 83.3 Å². The van der Waals surface area contributed by atoms with Crippen LogP contribution in [0, 0.1) is 0 Å². The highest BCUT2D eigenvalue weighted by Gasteiger charge is 2.24. The molecule has 3 aromatic carbocycles. The van der Waals surface area contributed by atoms with Crippen LogP contribution in [0.15, 0.2) is 78.9 Å². The maximum absolute atomic E-state index is 11.4. The number of carbonyl (C=O) groups excluding carboxylic acids is 1. The van der Waals surface area contributed by atoms with Crippen molar-refractivity contribution in [2.24, 2.45) is 0 Å². The maximum atomic E-state index is 11.4. The van der Waals surface area contributed by atoms with Gasteiger partial charge in [-0.2, -0.15) is 0 Å². The van der Waals surface area contributed by atoms with Crippen molar-refractivity contribution in [2.75, 3.05) is 26.7 Å². The molecule has 3 aromatic rings. The minimum atomic E-state index is -0.0787. The van der Waals surface area contributed by atoms with E-state index in [2.05, 4.69) is 58.7 Å². The van der Waals surface area contributed by atoms with Crippen LogP contribution in [0.1, 0.15) is 41.5 Å². The molecule has 0 spiro atoms. The summed E-state index contributed by atoms with van der Waals surface area (Å²) in [6.45, 7) is 2.54. The number of likely N-dealkylation sites (N-methyl/N-ethyl adjacent to an activating group) is 1. The number of rotatable bonds is 7. The molecule has 1 N–H and O–H groups in total. The lowest BCUT2D eigenvalue weighted by atomic mass is 9.88. The van der Waals surface area contributed by atoms with Crippen LogP contribution in [0.4, 0.5) is 0 Å². The molecular weight excluding hydrogens is 515 g/mol. The van der Waals surface area contributed by atoms with Crippen molar-refractivity contribution in [1.82, 2.24) is 10.2 Å². The minimum absolute atomic E-state index is 0.0787. The predicted molar refractivity (Wildman–Crippen MR) is 157 cm³/mol. The van der Waals surface area contributed by atoms with Gasteiger partial charge >= 0.3 is 0 Å². The van der Waals surface area contributed by atoms with Crippen LogP contribution in [-0.2, 0) is 11.2 Å². The fraction of sp³-hybridized carbons (Fsp3) is 0.281. The molecule has 1 fully saturated rings. The number of aryl methyl sites for hydroxylation is 1. The Balaban J connectivity index is 1.39. The first-order valence-corrected chi connectivity index (χ1v) is 13.9. The molecular formula is C32H32Cl2N2O2. The molecule has 1 saturated heterocycles.